The van der Waals surface area contributed by atoms with Crippen molar-refractivity contribution in [2.45, 2.75) is 51.6 Å². The van der Waals surface area contributed by atoms with Gasteiger partial charge in [-0.05, 0) is 43.6 Å². The number of hydrogen-bond donors (Lipinski definition) is 3. The quantitative estimate of drug-likeness (QED) is 0.757. The van der Waals surface area contributed by atoms with Gasteiger partial charge in [0.2, 0.25) is 0 Å². The first-order valence-corrected chi connectivity index (χ1v) is 8.32. The van der Waals surface area contributed by atoms with Crippen molar-refractivity contribution < 1.29 is 9.90 Å². The molecule has 4 heteroatoms. The lowest BCUT2D eigenvalue weighted by atomic mass is 9.95. The molecule has 0 heterocycles. The van der Waals surface area contributed by atoms with Crippen LogP contribution in [0.2, 0.25) is 0 Å². The van der Waals surface area contributed by atoms with Gasteiger partial charge < -0.3 is 15.7 Å². The van der Waals surface area contributed by atoms with Crippen molar-refractivity contribution >= 4 is 6.03 Å². The second-order valence-corrected chi connectivity index (χ2v) is 6.55. The van der Waals surface area contributed by atoms with Crippen LogP contribution in [0.5, 0.6) is 0 Å². The maximum Gasteiger partial charge on any atom is 0.315 e. The molecule has 0 bridgehead atoms. The Kier molecular flexibility index (Phi) is 6.25. The van der Waals surface area contributed by atoms with Crippen molar-refractivity contribution in [3.63, 3.8) is 0 Å². The van der Waals surface area contributed by atoms with E-state index in [0.29, 0.717) is 5.92 Å². The molecule has 3 N–H and O–H groups in total. The summed E-state index contributed by atoms with van der Waals surface area (Å²) in [5.74, 6) is 0.577. The van der Waals surface area contributed by atoms with Gasteiger partial charge in [0.25, 0.3) is 0 Å². The second-order valence-electron chi connectivity index (χ2n) is 6.55. The molecule has 1 saturated carbocycles. The van der Waals surface area contributed by atoms with Gasteiger partial charge in [0.05, 0.1) is 0 Å². The molecule has 1 fully saturated rings. The van der Waals surface area contributed by atoms with Gasteiger partial charge in [-0.3, -0.25) is 0 Å². The van der Waals surface area contributed by atoms with E-state index in [1.165, 1.54) is 18.4 Å². The van der Waals surface area contributed by atoms with E-state index in [0.717, 1.165) is 12.8 Å². The minimum Gasteiger partial charge on any atom is -0.396 e. The number of hydrogen-bond acceptors (Lipinski definition) is 2. The number of rotatable bonds is 6. The van der Waals surface area contributed by atoms with Gasteiger partial charge >= 0.3 is 6.03 Å². The minimum absolute atomic E-state index is 0.0287. The van der Waals surface area contributed by atoms with E-state index in [1.54, 1.807) is 0 Å². The van der Waals surface area contributed by atoms with Crippen LogP contribution in [0.4, 0.5) is 4.79 Å². The standard InChI is InChI=1S/C18H28N2O2/c1-13(12-21)14(2)19-18(22)20-17-10-6-9-16(17)11-15-7-4-3-5-8-15/h3-5,7-8,13-14,16-17,21H,6,9-12H2,1-2H3,(H2,19,20,22). The average molecular weight is 304 g/mol. The van der Waals surface area contributed by atoms with Crippen LogP contribution in [0.1, 0.15) is 38.7 Å². The summed E-state index contributed by atoms with van der Waals surface area (Å²) in [4.78, 5) is 12.1. The fraction of sp³-hybridized carbons (Fsp3) is 0.611. The zero-order valence-corrected chi connectivity index (χ0v) is 13.6. The molecule has 2 amide bonds. The largest absolute Gasteiger partial charge is 0.396 e. The van der Waals surface area contributed by atoms with Gasteiger partial charge in [-0.25, -0.2) is 4.79 Å². The lowest BCUT2D eigenvalue weighted by Crippen LogP contribution is -2.48. The van der Waals surface area contributed by atoms with Gasteiger partial charge in [-0.2, -0.15) is 0 Å². The smallest absolute Gasteiger partial charge is 0.315 e. The topological polar surface area (TPSA) is 61.4 Å². The summed E-state index contributed by atoms with van der Waals surface area (Å²) >= 11 is 0. The highest BCUT2D eigenvalue weighted by Gasteiger charge is 2.29. The highest BCUT2D eigenvalue weighted by molar-refractivity contribution is 5.74. The molecule has 1 aliphatic rings. The van der Waals surface area contributed by atoms with Crippen LogP contribution in [0.15, 0.2) is 30.3 Å². The molecule has 4 unspecified atom stereocenters. The SMILES string of the molecule is CC(CO)C(C)NC(=O)NC1CCCC1Cc1ccccc1. The number of aliphatic hydroxyl groups excluding tert-OH is 1. The lowest BCUT2D eigenvalue weighted by Gasteiger charge is -2.24. The Morgan fingerprint density at radius 2 is 2.00 bits per heavy atom. The van der Waals surface area contributed by atoms with Crippen molar-refractivity contribution in [2.75, 3.05) is 6.61 Å². The van der Waals surface area contributed by atoms with Gasteiger partial charge in [-0.15, -0.1) is 0 Å². The van der Waals surface area contributed by atoms with Crippen LogP contribution < -0.4 is 10.6 Å². The van der Waals surface area contributed by atoms with Gasteiger partial charge in [-0.1, -0.05) is 43.7 Å². The number of carbonyl (C=O) groups excluding carboxylic acids is 1. The second kappa shape index (κ2) is 8.18. The molecule has 0 aromatic heterocycles. The molecule has 1 aromatic carbocycles. The van der Waals surface area contributed by atoms with Gasteiger partial charge in [0.15, 0.2) is 0 Å². The predicted molar refractivity (Wildman–Crippen MR) is 88.7 cm³/mol. The molecule has 0 aliphatic heterocycles. The van der Waals surface area contributed by atoms with E-state index in [1.807, 2.05) is 19.9 Å². The Labute approximate surface area is 133 Å². The minimum atomic E-state index is -0.113. The molecule has 4 nitrogen and oxygen atoms in total. The molecule has 0 spiro atoms. The van der Waals surface area contributed by atoms with E-state index in [9.17, 15) is 4.79 Å². The fourth-order valence-corrected chi connectivity index (χ4v) is 3.11. The van der Waals surface area contributed by atoms with Crippen LogP contribution in [0.25, 0.3) is 0 Å². The molecule has 0 saturated heterocycles. The monoisotopic (exact) mass is 304 g/mol. The first-order valence-electron chi connectivity index (χ1n) is 8.32. The third-order valence-electron chi connectivity index (χ3n) is 4.82. The van der Waals surface area contributed by atoms with Crippen LogP contribution in [-0.4, -0.2) is 29.8 Å². The summed E-state index contributed by atoms with van der Waals surface area (Å²) in [5.41, 5.74) is 1.34. The third-order valence-corrected chi connectivity index (χ3v) is 4.82. The summed E-state index contributed by atoms with van der Waals surface area (Å²) in [5, 5.41) is 15.2. The number of carbonyl (C=O) groups is 1. The molecular formula is C18H28N2O2. The molecule has 4 atom stereocenters. The van der Waals surface area contributed by atoms with Crippen LogP contribution >= 0.6 is 0 Å². The highest BCUT2D eigenvalue weighted by Crippen LogP contribution is 2.28. The summed E-state index contributed by atoms with van der Waals surface area (Å²) in [6.45, 7) is 3.94. The predicted octanol–water partition coefficient (Wildman–Crippen LogP) is 2.71. The Hall–Kier alpha value is -1.55. The Morgan fingerprint density at radius 1 is 1.27 bits per heavy atom. The molecule has 122 valence electrons. The molecule has 1 aromatic rings. The van der Waals surface area contributed by atoms with E-state index in [-0.39, 0.29) is 30.6 Å². The van der Waals surface area contributed by atoms with E-state index in [2.05, 4.69) is 34.9 Å². The molecule has 0 radical (unpaired) electrons. The van der Waals surface area contributed by atoms with Crippen molar-refractivity contribution in [1.82, 2.24) is 10.6 Å². The molecule has 22 heavy (non-hydrogen) atoms. The number of urea groups is 1. The zero-order chi connectivity index (χ0) is 15.9. The van der Waals surface area contributed by atoms with Gasteiger partial charge in [0, 0.05) is 18.7 Å². The zero-order valence-electron chi connectivity index (χ0n) is 13.6. The van der Waals surface area contributed by atoms with E-state index in [4.69, 9.17) is 5.11 Å². The van der Waals surface area contributed by atoms with Crippen LogP contribution in [0, 0.1) is 11.8 Å². The van der Waals surface area contributed by atoms with E-state index < -0.39 is 0 Å². The van der Waals surface area contributed by atoms with Crippen LogP contribution in [-0.2, 0) is 6.42 Å². The van der Waals surface area contributed by atoms with Crippen molar-refractivity contribution in [3.05, 3.63) is 35.9 Å². The number of aliphatic hydroxyl groups is 1. The molecule has 1 aliphatic carbocycles. The van der Waals surface area contributed by atoms with Gasteiger partial charge in [0.1, 0.15) is 0 Å². The normalized spacial score (nSPS) is 23.8. The first-order chi connectivity index (χ1) is 10.6. The summed E-state index contributed by atoms with van der Waals surface area (Å²) in [6, 6.07) is 10.6. The van der Waals surface area contributed by atoms with Crippen LogP contribution in [0.3, 0.4) is 0 Å². The number of amides is 2. The molecule has 2 rings (SSSR count). The van der Waals surface area contributed by atoms with Crippen molar-refractivity contribution in [3.8, 4) is 0 Å². The summed E-state index contributed by atoms with van der Waals surface area (Å²) in [7, 11) is 0. The lowest BCUT2D eigenvalue weighted by molar-refractivity contribution is 0.197. The first kappa shape index (κ1) is 16.8. The maximum atomic E-state index is 12.1. The summed E-state index contributed by atoms with van der Waals surface area (Å²) < 4.78 is 0. The van der Waals surface area contributed by atoms with E-state index >= 15 is 0 Å². The fourth-order valence-electron chi connectivity index (χ4n) is 3.11. The highest BCUT2D eigenvalue weighted by atomic mass is 16.3. The molecular weight excluding hydrogens is 276 g/mol. The Balaban J connectivity index is 1.84. The van der Waals surface area contributed by atoms with Crippen molar-refractivity contribution in [2.24, 2.45) is 11.8 Å². The number of nitrogens with one attached hydrogen (secondary N) is 2. The average Bonchev–Trinajstić information content (AvgIpc) is 2.94. The number of benzene rings is 1. The Morgan fingerprint density at radius 3 is 2.68 bits per heavy atom. The maximum absolute atomic E-state index is 12.1. The Bertz CT molecular complexity index is 463. The van der Waals surface area contributed by atoms with Crippen molar-refractivity contribution in [1.29, 1.82) is 0 Å². The third kappa shape index (κ3) is 4.73. The summed E-state index contributed by atoms with van der Waals surface area (Å²) in [6.07, 6.45) is 4.41.